The molecule has 0 aliphatic heterocycles. The van der Waals surface area contributed by atoms with Gasteiger partial charge in [0.2, 0.25) is 0 Å². The van der Waals surface area contributed by atoms with Crippen LogP contribution in [-0.4, -0.2) is 24.1 Å². The lowest BCUT2D eigenvalue weighted by Gasteiger charge is -2.20. The number of carbonyl (C=O) groups excluding carboxylic acids is 1. The van der Waals surface area contributed by atoms with Crippen molar-refractivity contribution >= 4 is 5.97 Å². The molecule has 1 N–H and O–H groups in total. The van der Waals surface area contributed by atoms with Crippen molar-refractivity contribution in [2.24, 2.45) is 11.8 Å². The number of methoxy groups -OCH3 is 1. The number of ether oxygens (including phenoxy) is 1. The number of pyridine rings is 1. The molecule has 4 heteroatoms. The zero-order valence-corrected chi connectivity index (χ0v) is 12.6. The summed E-state index contributed by atoms with van der Waals surface area (Å²) in [6.07, 6.45) is 5.42. The van der Waals surface area contributed by atoms with E-state index in [4.69, 9.17) is 0 Å². The summed E-state index contributed by atoms with van der Waals surface area (Å²) < 4.78 is 4.66. The van der Waals surface area contributed by atoms with Crippen LogP contribution in [0, 0.1) is 11.8 Å². The number of carbonyl (C=O) groups is 1. The number of rotatable bonds is 5. The van der Waals surface area contributed by atoms with Gasteiger partial charge < -0.3 is 10.1 Å². The standard InChI is InChI=1S/C16H24N2O2/c1-4-12-6-8-15(11(12)2)18-10-14-7-5-13(9-17-14)16(19)20-3/h5,7,9,11-12,15,18H,4,6,8,10H2,1-3H3. The summed E-state index contributed by atoms with van der Waals surface area (Å²) in [4.78, 5) is 15.6. The summed E-state index contributed by atoms with van der Waals surface area (Å²) in [7, 11) is 1.38. The Balaban J connectivity index is 1.87. The molecule has 0 spiro atoms. The van der Waals surface area contributed by atoms with Crippen LogP contribution in [-0.2, 0) is 11.3 Å². The van der Waals surface area contributed by atoms with Gasteiger partial charge in [-0.15, -0.1) is 0 Å². The first-order valence-corrected chi connectivity index (χ1v) is 7.42. The van der Waals surface area contributed by atoms with Crippen LogP contribution in [0.4, 0.5) is 0 Å². The number of esters is 1. The molecule has 2 rings (SSSR count). The topological polar surface area (TPSA) is 51.2 Å². The van der Waals surface area contributed by atoms with Crippen molar-refractivity contribution in [3.63, 3.8) is 0 Å². The lowest BCUT2D eigenvalue weighted by molar-refractivity contribution is 0.0600. The zero-order valence-electron chi connectivity index (χ0n) is 12.6. The van der Waals surface area contributed by atoms with Crippen molar-refractivity contribution in [2.45, 2.75) is 45.7 Å². The maximum atomic E-state index is 11.3. The smallest absolute Gasteiger partial charge is 0.339 e. The van der Waals surface area contributed by atoms with Gasteiger partial charge >= 0.3 is 5.97 Å². The van der Waals surface area contributed by atoms with E-state index in [2.05, 4.69) is 28.9 Å². The largest absolute Gasteiger partial charge is 0.465 e. The molecule has 1 aromatic rings. The van der Waals surface area contributed by atoms with Gasteiger partial charge in [-0.3, -0.25) is 4.98 Å². The van der Waals surface area contributed by atoms with Crippen LogP contribution in [0.3, 0.4) is 0 Å². The van der Waals surface area contributed by atoms with Crippen molar-refractivity contribution in [3.05, 3.63) is 29.6 Å². The van der Waals surface area contributed by atoms with Crippen molar-refractivity contribution in [2.75, 3.05) is 7.11 Å². The highest BCUT2D eigenvalue weighted by Gasteiger charge is 2.30. The van der Waals surface area contributed by atoms with Crippen molar-refractivity contribution in [1.82, 2.24) is 10.3 Å². The highest BCUT2D eigenvalue weighted by Crippen LogP contribution is 2.33. The Morgan fingerprint density at radius 3 is 2.80 bits per heavy atom. The molecule has 0 bridgehead atoms. The third-order valence-electron chi connectivity index (χ3n) is 4.54. The van der Waals surface area contributed by atoms with E-state index in [-0.39, 0.29) is 5.97 Å². The molecular weight excluding hydrogens is 252 g/mol. The van der Waals surface area contributed by atoms with Crippen LogP contribution in [0.25, 0.3) is 0 Å². The van der Waals surface area contributed by atoms with Gasteiger partial charge in [0, 0.05) is 18.8 Å². The SMILES string of the molecule is CCC1CCC(NCc2ccc(C(=O)OC)cn2)C1C. The van der Waals surface area contributed by atoms with Crippen LogP contribution in [0.5, 0.6) is 0 Å². The Morgan fingerprint density at radius 2 is 2.25 bits per heavy atom. The average Bonchev–Trinajstić information content (AvgIpc) is 2.85. The molecular formula is C16H24N2O2. The molecule has 1 aliphatic carbocycles. The van der Waals surface area contributed by atoms with E-state index >= 15 is 0 Å². The van der Waals surface area contributed by atoms with E-state index in [1.807, 2.05) is 6.07 Å². The fourth-order valence-electron chi connectivity index (χ4n) is 3.12. The summed E-state index contributed by atoms with van der Waals surface area (Å²) in [6.45, 7) is 5.37. The molecule has 1 saturated carbocycles. The van der Waals surface area contributed by atoms with Gasteiger partial charge in [-0.2, -0.15) is 0 Å². The first kappa shape index (κ1) is 15.0. The molecule has 3 unspecified atom stereocenters. The third kappa shape index (κ3) is 3.37. The first-order valence-electron chi connectivity index (χ1n) is 7.42. The number of hydrogen-bond donors (Lipinski definition) is 1. The molecule has 0 saturated heterocycles. The minimum absolute atomic E-state index is 0.341. The number of nitrogens with one attached hydrogen (secondary N) is 1. The van der Waals surface area contributed by atoms with Crippen LogP contribution < -0.4 is 5.32 Å². The summed E-state index contributed by atoms with van der Waals surface area (Å²) in [5, 5.41) is 3.60. The maximum Gasteiger partial charge on any atom is 0.339 e. The van der Waals surface area contributed by atoms with Crippen LogP contribution in [0.1, 0.15) is 49.2 Å². The molecule has 0 radical (unpaired) electrons. The Morgan fingerprint density at radius 1 is 1.45 bits per heavy atom. The van der Waals surface area contributed by atoms with Crippen molar-refractivity contribution < 1.29 is 9.53 Å². The maximum absolute atomic E-state index is 11.3. The summed E-state index contributed by atoms with van der Waals surface area (Å²) in [5.41, 5.74) is 1.46. The Kier molecular flexibility index (Phi) is 5.12. The van der Waals surface area contributed by atoms with Crippen molar-refractivity contribution in [1.29, 1.82) is 0 Å². The fourth-order valence-corrected chi connectivity index (χ4v) is 3.12. The molecule has 110 valence electrons. The lowest BCUT2D eigenvalue weighted by Crippen LogP contribution is -2.32. The second kappa shape index (κ2) is 6.84. The average molecular weight is 276 g/mol. The zero-order chi connectivity index (χ0) is 14.5. The van der Waals surface area contributed by atoms with Gasteiger partial charge in [-0.05, 0) is 36.8 Å². The van der Waals surface area contributed by atoms with Crippen molar-refractivity contribution in [3.8, 4) is 0 Å². The number of hydrogen-bond acceptors (Lipinski definition) is 4. The second-order valence-electron chi connectivity index (χ2n) is 5.62. The van der Waals surface area contributed by atoms with Gasteiger partial charge in [0.15, 0.2) is 0 Å². The highest BCUT2D eigenvalue weighted by molar-refractivity contribution is 5.88. The van der Waals surface area contributed by atoms with E-state index < -0.39 is 0 Å². The molecule has 1 aromatic heterocycles. The van der Waals surface area contributed by atoms with E-state index in [1.165, 1.54) is 26.4 Å². The quantitative estimate of drug-likeness (QED) is 0.840. The predicted octanol–water partition coefficient (Wildman–Crippen LogP) is 2.78. The van der Waals surface area contributed by atoms with E-state index in [0.717, 1.165) is 24.1 Å². The number of aromatic nitrogens is 1. The highest BCUT2D eigenvalue weighted by atomic mass is 16.5. The molecule has 4 nitrogen and oxygen atoms in total. The molecule has 20 heavy (non-hydrogen) atoms. The van der Waals surface area contributed by atoms with E-state index in [9.17, 15) is 4.79 Å². The Labute approximate surface area is 120 Å². The summed E-state index contributed by atoms with van der Waals surface area (Å²) in [5.74, 6) is 1.24. The predicted molar refractivity (Wildman–Crippen MR) is 78.4 cm³/mol. The van der Waals surface area contributed by atoms with Gasteiger partial charge in [-0.1, -0.05) is 20.3 Å². The Hall–Kier alpha value is -1.42. The number of nitrogens with zero attached hydrogens (tertiary/aromatic N) is 1. The van der Waals surface area contributed by atoms with Gasteiger partial charge in [0.1, 0.15) is 0 Å². The van der Waals surface area contributed by atoms with E-state index in [1.54, 1.807) is 12.3 Å². The molecule has 0 amide bonds. The summed E-state index contributed by atoms with van der Waals surface area (Å²) in [6, 6.07) is 4.24. The van der Waals surface area contributed by atoms with E-state index in [0.29, 0.717) is 11.6 Å². The van der Waals surface area contributed by atoms with Gasteiger partial charge in [0.25, 0.3) is 0 Å². The molecule has 0 aromatic carbocycles. The van der Waals surface area contributed by atoms with Gasteiger partial charge in [-0.25, -0.2) is 4.79 Å². The minimum Gasteiger partial charge on any atom is -0.465 e. The Bertz CT molecular complexity index is 444. The fraction of sp³-hybridized carbons (Fsp3) is 0.625. The molecule has 1 aliphatic rings. The van der Waals surface area contributed by atoms with Crippen LogP contribution >= 0.6 is 0 Å². The van der Waals surface area contributed by atoms with Gasteiger partial charge in [0.05, 0.1) is 18.4 Å². The molecule has 1 heterocycles. The lowest BCUT2D eigenvalue weighted by atomic mass is 9.93. The monoisotopic (exact) mass is 276 g/mol. The molecule has 1 fully saturated rings. The minimum atomic E-state index is -0.341. The summed E-state index contributed by atoms with van der Waals surface area (Å²) >= 11 is 0. The van der Waals surface area contributed by atoms with Crippen LogP contribution in [0.2, 0.25) is 0 Å². The first-order chi connectivity index (χ1) is 9.65. The normalized spacial score (nSPS) is 25.6. The second-order valence-corrected chi connectivity index (χ2v) is 5.62. The van der Waals surface area contributed by atoms with Crippen LogP contribution in [0.15, 0.2) is 18.3 Å². The third-order valence-corrected chi connectivity index (χ3v) is 4.54. The molecule has 3 atom stereocenters.